The summed E-state index contributed by atoms with van der Waals surface area (Å²) >= 11 is 0. The summed E-state index contributed by atoms with van der Waals surface area (Å²) in [5.74, 6) is 0.398. The normalized spacial score (nSPS) is 24.4. The fourth-order valence-electron chi connectivity index (χ4n) is 1.46. The van der Waals surface area contributed by atoms with Crippen molar-refractivity contribution in [1.82, 2.24) is 0 Å². The second-order valence-corrected chi connectivity index (χ2v) is 4.34. The van der Waals surface area contributed by atoms with Crippen LogP contribution in [0, 0.1) is 0 Å². The molecule has 0 amide bonds. The Morgan fingerprint density at radius 1 is 1.11 bits per heavy atom. The molecule has 0 radical (unpaired) electrons. The monoisotopic (exact) mass is 250 g/mol. The van der Waals surface area contributed by atoms with E-state index < -0.39 is 0 Å². The van der Waals surface area contributed by atoms with Crippen molar-refractivity contribution in [3.63, 3.8) is 0 Å². The Hall–Kier alpha value is -1.59. The Balaban J connectivity index is 1.50. The molecule has 5 heteroatoms. The molecule has 0 bridgehead atoms. The standard InChI is InChI=1S/C13H14O5/c14-13(18-8-12-7-17-12)9-1-3-10(4-2-9)15-5-11-6-16-11/h1-4,11-12H,5-8H2. The summed E-state index contributed by atoms with van der Waals surface area (Å²) in [5.41, 5.74) is 0.519. The maximum Gasteiger partial charge on any atom is 0.338 e. The zero-order valence-corrected chi connectivity index (χ0v) is 9.83. The van der Waals surface area contributed by atoms with Crippen LogP contribution in [0.3, 0.4) is 0 Å². The molecule has 5 nitrogen and oxygen atoms in total. The van der Waals surface area contributed by atoms with Gasteiger partial charge in [0.05, 0.1) is 18.8 Å². The first-order valence-electron chi connectivity index (χ1n) is 5.94. The summed E-state index contributed by atoms with van der Waals surface area (Å²) in [5, 5.41) is 0. The predicted molar refractivity (Wildman–Crippen MR) is 61.7 cm³/mol. The Morgan fingerprint density at radius 3 is 2.33 bits per heavy atom. The molecule has 0 saturated carbocycles. The van der Waals surface area contributed by atoms with Gasteiger partial charge in [-0.25, -0.2) is 4.79 Å². The lowest BCUT2D eigenvalue weighted by Gasteiger charge is -2.05. The quantitative estimate of drug-likeness (QED) is 0.557. The molecule has 18 heavy (non-hydrogen) atoms. The van der Waals surface area contributed by atoms with Gasteiger partial charge in [-0.05, 0) is 24.3 Å². The van der Waals surface area contributed by atoms with Gasteiger partial charge in [-0.1, -0.05) is 0 Å². The number of hydrogen-bond acceptors (Lipinski definition) is 5. The molecule has 0 spiro atoms. The number of hydrogen-bond donors (Lipinski definition) is 0. The van der Waals surface area contributed by atoms with E-state index in [0.29, 0.717) is 25.4 Å². The van der Waals surface area contributed by atoms with Crippen molar-refractivity contribution in [3.05, 3.63) is 29.8 Å². The average Bonchev–Trinajstić information content (AvgIpc) is 3.29. The molecule has 2 unspecified atom stereocenters. The summed E-state index contributed by atoms with van der Waals surface area (Å²) in [6.45, 7) is 2.34. The molecule has 0 aromatic heterocycles. The molecule has 1 aromatic rings. The topological polar surface area (TPSA) is 60.6 Å². The van der Waals surface area contributed by atoms with E-state index in [-0.39, 0.29) is 18.2 Å². The lowest BCUT2D eigenvalue weighted by Crippen LogP contribution is -2.10. The molecule has 2 aliphatic rings. The molecule has 2 fully saturated rings. The van der Waals surface area contributed by atoms with E-state index in [1.165, 1.54) is 0 Å². The van der Waals surface area contributed by atoms with Gasteiger partial charge in [-0.15, -0.1) is 0 Å². The average molecular weight is 250 g/mol. The van der Waals surface area contributed by atoms with Crippen molar-refractivity contribution in [2.45, 2.75) is 12.2 Å². The summed E-state index contributed by atoms with van der Waals surface area (Å²) in [4.78, 5) is 11.6. The van der Waals surface area contributed by atoms with E-state index in [9.17, 15) is 4.79 Å². The van der Waals surface area contributed by atoms with Gasteiger partial charge in [0.1, 0.15) is 31.2 Å². The number of ether oxygens (including phenoxy) is 4. The van der Waals surface area contributed by atoms with Crippen LogP contribution >= 0.6 is 0 Å². The van der Waals surface area contributed by atoms with Crippen LogP contribution in [-0.2, 0) is 14.2 Å². The van der Waals surface area contributed by atoms with Crippen molar-refractivity contribution < 1.29 is 23.7 Å². The van der Waals surface area contributed by atoms with Gasteiger partial charge in [0, 0.05) is 0 Å². The Morgan fingerprint density at radius 2 is 1.72 bits per heavy atom. The summed E-state index contributed by atoms with van der Waals surface area (Å²) in [6.07, 6.45) is 0.322. The fraction of sp³-hybridized carbons (Fsp3) is 0.462. The Bertz CT molecular complexity index is 420. The maximum absolute atomic E-state index is 11.6. The molecular formula is C13H14O5. The SMILES string of the molecule is O=C(OCC1CO1)c1ccc(OCC2CO2)cc1. The second-order valence-electron chi connectivity index (χ2n) is 4.34. The largest absolute Gasteiger partial charge is 0.491 e. The third-order valence-electron chi connectivity index (χ3n) is 2.73. The van der Waals surface area contributed by atoms with Crippen LogP contribution in [0.2, 0.25) is 0 Å². The van der Waals surface area contributed by atoms with E-state index in [0.717, 1.165) is 12.4 Å². The van der Waals surface area contributed by atoms with Gasteiger partial charge in [0.2, 0.25) is 0 Å². The third-order valence-corrected chi connectivity index (χ3v) is 2.73. The first kappa shape index (κ1) is 11.5. The zero-order chi connectivity index (χ0) is 12.4. The third kappa shape index (κ3) is 3.21. The lowest BCUT2D eigenvalue weighted by molar-refractivity contribution is 0.0476. The van der Waals surface area contributed by atoms with Crippen molar-refractivity contribution >= 4 is 5.97 Å². The van der Waals surface area contributed by atoms with Crippen LogP contribution < -0.4 is 4.74 Å². The van der Waals surface area contributed by atoms with Gasteiger partial charge in [-0.3, -0.25) is 0 Å². The maximum atomic E-state index is 11.6. The number of esters is 1. The van der Waals surface area contributed by atoms with Crippen LogP contribution in [0.15, 0.2) is 24.3 Å². The van der Waals surface area contributed by atoms with Gasteiger partial charge < -0.3 is 18.9 Å². The van der Waals surface area contributed by atoms with Crippen molar-refractivity contribution in [2.75, 3.05) is 26.4 Å². The number of carbonyl (C=O) groups is 1. The van der Waals surface area contributed by atoms with E-state index in [1.54, 1.807) is 24.3 Å². The minimum Gasteiger partial charge on any atom is -0.491 e. The highest BCUT2D eigenvalue weighted by Crippen LogP contribution is 2.17. The summed E-state index contributed by atoms with van der Waals surface area (Å²) < 4.78 is 20.6. The zero-order valence-electron chi connectivity index (χ0n) is 9.83. The molecule has 3 rings (SSSR count). The van der Waals surface area contributed by atoms with Crippen molar-refractivity contribution in [2.24, 2.45) is 0 Å². The summed E-state index contributed by atoms with van der Waals surface area (Å²) in [6, 6.07) is 6.90. The Labute approximate surface area is 105 Å². The number of carbonyl (C=O) groups excluding carboxylic acids is 1. The van der Waals surface area contributed by atoms with Crippen LogP contribution in [0.4, 0.5) is 0 Å². The molecule has 1 aromatic carbocycles. The van der Waals surface area contributed by atoms with E-state index in [2.05, 4.69) is 0 Å². The molecular weight excluding hydrogens is 236 g/mol. The highest BCUT2D eigenvalue weighted by Gasteiger charge is 2.25. The van der Waals surface area contributed by atoms with Crippen molar-refractivity contribution in [3.8, 4) is 5.75 Å². The van der Waals surface area contributed by atoms with Crippen LogP contribution in [0.5, 0.6) is 5.75 Å². The number of epoxide rings is 2. The fourth-order valence-corrected chi connectivity index (χ4v) is 1.46. The Kier molecular flexibility index (Phi) is 3.17. The van der Waals surface area contributed by atoms with Crippen LogP contribution in [0.25, 0.3) is 0 Å². The van der Waals surface area contributed by atoms with E-state index in [4.69, 9.17) is 18.9 Å². The highest BCUT2D eigenvalue weighted by molar-refractivity contribution is 5.89. The molecule has 2 heterocycles. The second kappa shape index (κ2) is 4.96. The minimum atomic E-state index is -0.331. The van der Waals surface area contributed by atoms with Gasteiger partial charge in [-0.2, -0.15) is 0 Å². The molecule has 2 saturated heterocycles. The number of benzene rings is 1. The smallest absolute Gasteiger partial charge is 0.338 e. The molecule has 0 aliphatic carbocycles. The number of rotatable bonds is 6. The molecule has 2 aliphatic heterocycles. The summed E-state index contributed by atoms with van der Waals surface area (Å²) in [7, 11) is 0. The van der Waals surface area contributed by atoms with E-state index in [1.807, 2.05) is 0 Å². The molecule has 96 valence electrons. The van der Waals surface area contributed by atoms with Gasteiger partial charge in [0.15, 0.2) is 0 Å². The van der Waals surface area contributed by atoms with Crippen molar-refractivity contribution in [1.29, 1.82) is 0 Å². The van der Waals surface area contributed by atoms with Gasteiger partial charge in [0.25, 0.3) is 0 Å². The molecule has 0 N–H and O–H groups in total. The first-order valence-corrected chi connectivity index (χ1v) is 5.94. The minimum absolute atomic E-state index is 0.0927. The molecule has 2 atom stereocenters. The highest BCUT2D eigenvalue weighted by atomic mass is 16.6. The first-order chi connectivity index (χ1) is 8.81. The van der Waals surface area contributed by atoms with E-state index >= 15 is 0 Å². The van der Waals surface area contributed by atoms with Crippen LogP contribution in [-0.4, -0.2) is 44.6 Å². The predicted octanol–water partition coefficient (Wildman–Crippen LogP) is 1.02. The van der Waals surface area contributed by atoms with Gasteiger partial charge >= 0.3 is 5.97 Å². The lowest BCUT2D eigenvalue weighted by atomic mass is 10.2. The van der Waals surface area contributed by atoms with Crippen LogP contribution in [0.1, 0.15) is 10.4 Å².